The van der Waals surface area contributed by atoms with Gasteiger partial charge < -0.3 is 25.1 Å². The fraction of sp³-hybridized carbons (Fsp3) is 0.625. The molecule has 1 aliphatic rings. The molecule has 1 aromatic rings. The van der Waals surface area contributed by atoms with E-state index in [9.17, 15) is 14.9 Å². The van der Waals surface area contributed by atoms with Crippen molar-refractivity contribution in [3.8, 4) is 0 Å². The van der Waals surface area contributed by atoms with Gasteiger partial charge in [-0.2, -0.15) is 0 Å². The maximum Gasteiger partial charge on any atom is 0.407 e. The van der Waals surface area contributed by atoms with E-state index in [0.717, 1.165) is 18.7 Å². The molecule has 0 aromatic carbocycles. The number of rotatable bonds is 4. The number of aromatic nitrogens is 1. The van der Waals surface area contributed by atoms with Crippen molar-refractivity contribution in [1.82, 2.24) is 10.3 Å². The molecular formula is C16H24N4O4. The van der Waals surface area contributed by atoms with Crippen LogP contribution in [0, 0.1) is 16.0 Å². The van der Waals surface area contributed by atoms with Gasteiger partial charge in [0.25, 0.3) is 0 Å². The van der Waals surface area contributed by atoms with Gasteiger partial charge in [0, 0.05) is 25.2 Å². The van der Waals surface area contributed by atoms with Crippen molar-refractivity contribution in [1.29, 1.82) is 0 Å². The Morgan fingerprint density at radius 1 is 1.50 bits per heavy atom. The standard InChI is InChI=1S/C16H24N4O4/c1-11-7-13(9-18-15(21)24-16(2,3)4)19(10-11)12-5-6-14(17-8-12)20(22)23/h5-6,8,11,13H,7,9-10H2,1-4H3,(H,18,21)/t11-,13+/m0/s1. The van der Waals surface area contributed by atoms with Crippen molar-refractivity contribution in [3.05, 3.63) is 28.4 Å². The summed E-state index contributed by atoms with van der Waals surface area (Å²) in [5.74, 6) is 0.292. The minimum Gasteiger partial charge on any atom is -0.444 e. The smallest absolute Gasteiger partial charge is 0.407 e. The van der Waals surface area contributed by atoms with E-state index in [1.54, 1.807) is 6.07 Å². The highest BCUT2D eigenvalue weighted by Crippen LogP contribution is 2.29. The van der Waals surface area contributed by atoms with Gasteiger partial charge in [-0.3, -0.25) is 0 Å². The summed E-state index contributed by atoms with van der Waals surface area (Å²) < 4.78 is 5.25. The van der Waals surface area contributed by atoms with Crippen LogP contribution in [0.1, 0.15) is 34.1 Å². The van der Waals surface area contributed by atoms with Crippen LogP contribution in [-0.2, 0) is 4.74 Å². The molecule has 0 saturated carbocycles. The molecule has 1 amide bonds. The third-order valence-corrected chi connectivity index (χ3v) is 3.76. The number of nitrogens with zero attached hydrogens (tertiary/aromatic N) is 3. The molecule has 2 heterocycles. The first-order chi connectivity index (χ1) is 11.2. The molecule has 132 valence electrons. The summed E-state index contributed by atoms with van der Waals surface area (Å²) in [4.78, 5) is 28.0. The van der Waals surface area contributed by atoms with E-state index in [0.29, 0.717) is 12.5 Å². The molecule has 1 aromatic heterocycles. The summed E-state index contributed by atoms with van der Waals surface area (Å²) in [5.41, 5.74) is 0.288. The Balaban J connectivity index is 2.00. The number of hydrogen-bond donors (Lipinski definition) is 1. The van der Waals surface area contributed by atoms with E-state index in [-0.39, 0.29) is 11.9 Å². The highest BCUT2D eigenvalue weighted by atomic mass is 16.6. The molecule has 24 heavy (non-hydrogen) atoms. The maximum absolute atomic E-state index is 11.8. The van der Waals surface area contributed by atoms with Gasteiger partial charge in [0.15, 0.2) is 6.20 Å². The van der Waals surface area contributed by atoms with Gasteiger partial charge >= 0.3 is 11.9 Å². The van der Waals surface area contributed by atoms with Crippen LogP contribution < -0.4 is 10.2 Å². The molecule has 8 heteroatoms. The Morgan fingerprint density at radius 2 is 2.21 bits per heavy atom. The van der Waals surface area contributed by atoms with Crippen LogP contribution in [0.5, 0.6) is 0 Å². The summed E-state index contributed by atoms with van der Waals surface area (Å²) >= 11 is 0. The Hall–Kier alpha value is -2.38. The van der Waals surface area contributed by atoms with Gasteiger partial charge in [-0.1, -0.05) is 6.92 Å². The van der Waals surface area contributed by atoms with E-state index in [1.165, 1.54) is 12.3 Å². The lowest BCUT2D eigenvalue weighted by molar-refractivity contribution is -0.389. The van der Waals surface area contributed by atoms with Crippen LogP contribution in [0.3, 0.4) is 0 Å². The molecule has 2 rings (SSSR count). The summed E-state index contributed by atoms with van der Waals surface area (Å²) in [6, 6.07) is 3.20. The molecule has 0 bridgehead atoms. The lowest BCUT2D eigenvalue weighted by atomic mass is 10.1. The SMILES string of the molecule is C[C@H]1C[C@H](CNC(=O)OC(C)(C)C)N(c2ccc([N+](=O)[O-])nc2)C1. The lowest BCUT2D eigenvalue weighted by Crippen LogP contribution is -2.42. The molecule has 0 spiro atoms. The first-order valence-corrected chi connectivity index (χ1v) is 7.99. The van der Waals surface area contributed by atoms with Crippen molar-refractivity contribution in [3.63, 3.8) is 0 Å². The molecule has 0 aliphatic carbocycles. The third kappa shape index (κ3) is 4.81. The zero-order chi connectivity index (χ0) is 17.9. The second-order valence-corrected chi connectivity index (χ2v) is 7.16. The predicted octanol–water partition coefficient (Wildman–Crippen LogP) is 2.73. The van der Waals surface area contributed by atoms with Gasteiger partial charge in [0.1, 0.15) is 5.60 Å². The zero-order valence-electron chi connectivity index (χ0n) is 14.5. The molecule has 1 aliphatic heterocycles. The van der Waals surface area contributed by atoms with Crippen LogP contribution in [0.15, 0.2) is 18.3 Å². The number of ether oxygens (including phenoxy) is 1. The summed E-state index contributed by atoms with van der Waals surface area (Å²) in [5, 5.41) is 13.5. The van der Waals surface area contributed by atoms with Gasteiger partial charge in [0.05, 0.1) is 5.69 Å². The molecular weight excluding hydrogens is 312 g/mol. The monoisotopic (exact) mass is 336 g/mol. The summed E-state index contributed by atoms with van der Waals surface area (Å²) in [6.07, 6.45) is 1.99. The minimum absolute atomic E-state index is 0.107. The topological polar surface area (TPSA) is 97.6 Å². The number of nitrogens with one attached hydrogen (secondary N) is 1. The largest absolute Gasteiger partial charge is 0.444 e. The van der Waals surface area contributed by atoms with E-state index >= 15 is 0 Å². The second-order valence-electron chi connectivity index (χ2n) is 7.16. The number of amides is 1. The van der Waals surface area contributed by atoms with Gasteiger partial charge in [0.2, 0.25) is 0 Å². The van der Waals surface area contributed by atoms with Crippen molar-refractivity contribution in [2.45, 2.75) is 45.8 Å². The number of nitro groups is 1. The van der Waals surface area contributed by atoms with E-state index < -0.39 is 16.6 Å². The van der Waals surface area contributed by atoms with Crippen LogP contribution in [0.4, 0.5) is 16.3 Å². The molecule has 0 radical (unpaired) electrons. The van der Waals surface area contributed by atoms with Gasteiger partial charge in [-0.15, -0.1) is 0 Å². The van der Waals surface area contributed by atoms with Crippen molar-refractivity contribution < 1.29 is 14.5 Å². The molecule has 2 atom stereocenters. The minimum atomic E-state index is -0.533. The highest BCUT2D eigenvalue weighted by Gasteiger charge is 2.31. The lowest BCUT2D eigenvalue weighted by Gasteiger charge is -2.26. The quantitative estimate of drug-likeness (QED) is 0.670. The summed E-state index contributed by atoms with van der Waals surface area (Å²) in [6.45, 7) is 8.87. The number of anilines is 1. The molecule has 1 saturated heterocycles. The highest BCUT2D eigenvalue weighted by molar-refractivity contribution is 5.67. The first kappa shape index (κ1) is 18.0. The van der Waals surface area contributed by atoms with Crippen molar-refractivity contribution >= 4 is 17.6 Å². The zero-order valence-corrected chi connectivity index (χ0v) is 14.5. The van der Waals surface area contributed by atoms with E-state index in [1.807, 2.05) is 20.8 Å². The maximum atomic E-state index is 11.8. The third-order valence-electron chi connectivity index (χ3n) is 3.76. The Labute approximate surface area is 141 Å². The molecule has 0 unspecified atom stereocenters. The Kier molecular flexibility index (Phi) is 5.26. The van der Waals surface area contributed by atoms with Gasteiger partial charge in [-0.25, -0.2) is 4.79 Å². The predicted molar refractivity (Wildman–Crippen MR) is 90.0 cm³/mol. The van der Waals surface area contributed by atoms with Crippen LogP contribution >= 0.6 is 0 Å². The number of pyridine rings is 1. The van der Waals surface area contributed by atoms with Crippen LogP contribution in [0.25, 0.3) is 0 Å². The van der Waals surface area contributed by atoms with Gasteiger partial charge in [-0.05, 0) is 49.1 Å². The fourth-order valence-electron chi connectivity index (χ4n) is 2.83. The molecule has 1 fully saturated rings. The first-order valence-electron chi connectivity index (χ1n) is 7.99. The Bertz CT molecular complexity index is 597. The van der Waals surface area contributed by atoms with E-state index in [2.05, 4.69) is 22.1 Å². The second kappa shape index (κ2) is 7.02. The fourth-order valence-corrected chi connectivity index (χ4v) is 2.83. The average Bonchev–Trinajstić information content (AvgIpc) is 2.84. The van der Waals surface area contributed by atoms with Crippen molar-refractivity contribution in [2.24, 2.45) is 5.92 Å². The number of carbonyl (C=O) groups excluding carboxylic acids is 1. The number of hydrogen-bond acceptors (Lipinski definition) is 6. The number of carbonyl (C=O) groups is 1. The van der Waals surface area contributed by atoms with Crippen LogP contribution in [-0.4, -0.2) is 40.7 Å². The van der Waals surface area contributed by atoms with E-state index in [4.69, 9.17) is 4.74 Å². The number of alkyl carbamates (subject to hydrolysis) is 1. The molecule has 8 nitrogen and oxygen atoms in total. The summed E-state index contributed by atoms with van der Waals surface area (Å²) in [7, 11) is 0. The van der Waals surface area contributed by atoms with Crippen molar-refractivity contribution in [2.75, 3.05) is 18.0 Å². The Morgan fingerprint density at radius 3 is 2.75 bits per heavy atom. The van der Waals surface area contributed by atoms with Crippen LogP contribution in [0.2, 0.25) is 0 Å². The normalized spacial score (nSPS) is 20.8. The average molecular weight is 336 g/mol. The molecule has 1 N–H and O–H groups in total.